The standard InChI is InChI=1S/C25H24ClF2N5O2/c26-19-13-17(6-7-20(19)28)31-25-18-14-22(23(35-12-8-27)15-21(18)29-16-30-25)32-24(34)5-4-11-33-9-2-1-3-10-33/h2,4-7,9,13-16H,1,3,8,10-12H2,(H,32,34)(H,29,30,31). The molecular formula is C25H24ClF2N5O2. The van der Waals surface area contributed by atoms with Crippen LogP contribution in [0.1, 0.15) is 12.8 Å². The molecule has 3 aromatic rings. The van der Waals surface area contributed by atoms with Crippen molar-refractivity contribution in [3.8, 4) is 5.75 Å². The summed E-state index contributed by atoms with van der Waals surface area (Å²) < 4.78 is 31.8. The van der Waals surface area contributed by atoms with Gasteiger partial charge in [-0.2, -0.15) is 0 Å². The molecule has 4 rings (SSSR count). The lowest BCUT2D eigenvalue weighted by molar-refractivity contribution is -0.111. The molecular weight excluding hydrogens is 476 g/mol. The number of carbonyl (C=O) groups excluding carboxylic acids is 1. The van der Waals surface area contributed by atoms with E-state index in [1.165, 1.54) is 30.6 Å². The van der Waals surface area contributed by atoms with Gasteiger partial charge in [0.25, 0.3) is 0 Å². The Labute approximate surface area is 206 Å². The quantitative estimate of drug-likeness (QED) is 0.372. The summed E-state index contributed by atoms with van der Waals surface area (Å²) in [4.78, 5) is 23.2. The van der Waals surface area contributed by atoms with Gasteiger partial charge in [0.05, 0.1) is 16.2 Å². The average molecular weight is 500 g/mol. The Morgan fingerprint density at radius 2 is 2.14 bits per heavy atom. The number of nitrogens with one attached hydrogen (secondary N) is 2. The maximum atomic E-state index is 13.5. The van der Waals surface area contributed by atoms with E-state index < -0.39 is 12.5 Å². The predicted molar refractivity (Wildman–Crippen MR) is 133 cm³/mol. The zero-order valence-corrected chi connectivity index (χ0v) is 19.6. The number of rotatable bonds is 9. The van der Waals surface area contributed by atoms with Gasteiger partial charge < -0.3 is 20.3 Å². The maximum Gasteiger partial charge on any atom is 0.248 e. The van der Waals surface area contributed by atoms with Crippen LogP contribution in [0.3, 0.4) is 0 Å². The zero-order chi connectivity index (χ0) is 24.6. The fourth-order valence-electron chi connectivity index (χ4n) is 3.59. The van der Waals surface area contributed by atoms with Crippen LogP contribution in [0, 0.1) is 5.82 Å². The van der Waals surface area contributed by atoms with Crippen LogP contribution in [0.5, 0.6) is 5.75 Å². The number of alkyl halides is 1. The van der Waals surface area contributed by atoms with Gasteiger partial charge in [-0.15, -0.1) is 0 Å². The highest BCUT2D eigenvalue weighted by atomic mass is 35.5. The van der Waals surface area contributed by atoms with E-state index in [1.807, 2.05) is 6.20 Å². The number of aromatic nitrogens is 2. The van der Waals surface area contributed by atoms with Crippen molar-refractivity contribution in [3.63, 3.8) is 0 Å². The predicted octanol–water partition coefficient (Wildman–Crippen LogP) is 5.62. The molecule has 0 unspecified atom stereocenters. The smallest absolute Gasteiger partial charge is 0.248 e. The Kier molecular flexibility index (Phi) is 8.10. The first-order chi connectivity index (χ1) is 17.0. The summed E-state index contributed by atoms with van der Waals surface area (Å²) in [6, 6.07) is 7.46. The van der Waals surface area contributed by atoms with Gasteiger partial charge in [-0.25, -0.2) is 18.7 Å². The molecule has 0 bridgehead atoms. The van der Waals surface area contributed by atoms with Crippen molar-refractivity contribution in [1.82, 2.24) is 14.9 Å². The van der Waals surface area contributed by atoms with Crippen LogP contribution < -0.4 is 15.4 Å². The van der Waals surface area contributed by atoms with E-state index in [-0.39, 0.29) is 23.3 Å². The molecule has 1 amide bonds. The fourth-order valence-corrected chi connectivity index (χ4v) is 3.77. The second kappa shape index (κ2) is 11.6. The van der Waals surface area contributed by atoms with Gasteiger partial charge >= 0.3 is 0 Å². The molecule has 7 nitrogen and oxygen atoms in total. The molecule has 0 aliphatic carbocycles. The number of hydrogen-bond acceptors (Lipinski definition) is 6. The molecule has 0 radical (unpaired) electrons. The molecule has 2 N–H and O–H groups in total. The first-order valence-corrected chi connectivity index (χ1v) is 11.5. The van der Waals surface area contributed by atoms with Gasteiger partial charge in [0.15, 0.2) is 0 Å². The number of nitrogens with zero attached hydrogens (tertiary/aromatic N) is 3. The van der Waals surface area contributed by atoms with E-state index in [0.29, 0.717) is 34.6 Å². The van der Waals surface area contributed by atoms with Crippen molar-refractivity contribution in [2.75, 3.05) is 37.0 Å². The molecule has 10 heteroatoms. The first kappa shape index (κ1) is 24.4. The summed E-state index contributed by atoms with van der Waals surface area (Å²) in [6.45, 7) is 0.713. The molecule has 1 aliphatic rings. The molecule has 35 heavy (non-hydrogen) atoms. The number of benzene rings is 2. The summed E-state index contributed by atoms with van der Waals surface area (Å²) in [5, 5.41) is 6.42. The minimum atomic E-state index is -0.684. The normalized spacial score (nSPS) is 13.4. The van der Waals surface area contributed by atoms with Gasteiger partial charge in [-0.3, -0.25) is 4.79 Å². The maximum absolute atomic E-state index is 13.5. The summed E-state index contributed by atoms with van der Waals surface area (Å²) in [5.41, 5.74) is 1.37. The number of ether oxygens (including phenoxy) is 1. The third kappa shape index (κ3) is 6.45. The highest BCUT2D eigenvalue weighted by Crippen LogP contribution is 2.34. The van der Waals surface area contributed by atoms with Crippen LogP contribution in [0.2, 0.25) is 5.02 Å². The third-order valence-electron chi connectivity index (χ3n) is 5.25. The Bertz CT molecular complexity index is 1270. The zero-order valence-electron chi connectivity index (χ0n) is 18.8. The van der Waals surface area contributed by atoms with Crippen LogP contribution in [0.25, 0.3) is 10.9 Å². The third-order valence-corrected chi connectivity index (χ3v) is 5.54. The van der Waals surface area contributed by atoms with Crippen molar-refractivity contribution in [3.05, 3.63) is 71.9 Å². The summed E-state index contributed by atoms with van der Waals surface area (Å²) >= 11 is 5.89. The average Bonchev–Trinajstić information content (AvgIpc) is 2.86. The van der Waals surface area contributed by atoms with Crippen LogP contribution in [-0.2, 0) is 4.79 Å². The Morgan fingerprint density at radius 3 is 2.91 bits per heavy atom. The Hall–Kier alpha value is -3.72. The topological polar surface area (TPSA) is 79.4 Å². The fraction of sp³-hybridized carbons (Fsp3) is 0.240. The van der Waals surface area contributed by atoms with Crippen LogP contribution in [0.15, 0.2) is 61.1 Å². The SMILES string of the molecule is O=C(C=CCN1C=CCCC1)Nc1cc2c(Nc3ccc(F)c(Cl)c3)ncnc2cc1OCCF. The van der Waals surface area contributed by atoms with Crippen LogP contribution in [0.4, 0.5) is 26.0 Å². The number of allylic oxidation sites excluding steroid dienone is 1. The Balaban J connectivity index is 1.59. The van der Waals surface area contributed by atoms with Gasteiger partial charge in [-0.05, 0) is 43.3 Å². The summed E-state index contributed by atoms with van der Waals surface area (Å²) in [5.74, 6) is -0.191. The lowest BCUT2D eigenvalue weighted by Crippen LogP contribution is -2.21. The van der Waals surface area contributed by atoms with Gasteiger partial charge in [0.2, 0.25) is 5.91 Å². The van der Waals surface area contributed by atoms with Crippen molar-refractivity contribution < 1.29 is 18.3 Å². The highest BCUT2D eigenvalue weighted by Gasteiger charge is 2.14. The number of hydrogen-bond donors (Lipinski definition) is 2. The lowest BCUT2D eigenvalue weighted by Gasteiger charge is -2.21. The number of anilines is 3. The number of carbonyl (C=O) groups is 1. The van der Waals surface area contributed by atoms with Crippen molar-refractivity contribution in [1.29, 1.82) is 0 Å². The van der Waals surface area contributed by atoms with Gasteiger partial charge in [0.1, 0.15) is 37.0 Å². The minimum absolute atomic E-state index is 0.0324. The molecule has 0 saturated carbocycles. The van der Waals surface area contributed by atoms with Crippen molar-refractivity contribution in [2.24, 2.45) is 0 Å². The minimum Gasteiger partial charge on any atom is -0.489 e. The van der Waals surface area contributed by atoms with Gasteiger partial charge in [-0.1, -0.05) is 23.8 Å². The second-order valence-corrected chi connectivity index (χ2v) is 8.20. The van der Waals surface area contributed by atoms with E-state index in [1.54, 1.807) is 18.2 Å². The first-order valence-electron chi connectivity index (χ1n) is 11.1. The molecule has 2 aromatic carbocycles. The largest absolute Gasteiger partial charge is 0.489 e. The summed E-state index contributed by atoms with van der Waals surface area (Å²) in [7, 11) is 0. The number of fused-ring (bicyclic) bond motifs is 1. The van der Waals surface area contributed by atoms with Gasteiger partial charge in [0, 0.05) is 36.3 Å². The molecule has 0 spiro atoms. The summed E-state index contributed by atoms with van der Waals surface area (Å²) in [6.07, 6.45) is 10.9. The van der Waals surface area contributed by atoms with E-state index in [0.717, 1.165) is 19.4 Å². The molecule has 0 fully saturated rings. The molecule has 1 aliphatic heterocycles. The molecule has 2 heterocycles. The van der Waals surface area contributed by atoms with E-state index in [9.17, 15) is 13.6 Å². The second-order valence-electron chi connectivity index (χ2n) is 7.79. The molecule has 0 saturated heterocycles. The van der Waals surface area contributed by atoms with Crippen LogP contribution in [-0.4, -0.2) is 47.1 Å². The van der Waals surface area contributed by atoms with Crippen molar-refractivity contribution >= 4 is 45.6 Å². The van der Waals surface area contributed by atoms with E-state index in [2.05, 4.69) is 31.6 Å². The van der Waals surface area contributed by atoms with Crippen LogP contribution >= 0.6 is 11.6 Å². The molecule has 1 aromatic heterocycles. The number of halogens is 3. The van der Waals surface area contributed by atoms with E-state index >= 15 is 0 Å². The number of amides is 1. The van der Waals surface area contributed by atoms with Crippen molar-refractivity contribution in [2.45, 2.75) is 12.8 Å². The Morgan fingerprint density at radius 1 is 1.26 bits per heavy atom. The van der Waals surface area contributed by atoms with E-state index in [4.69, 9.17) is 16.3 Å². The highest BCUT2D eigenvalue weighted by molar-refractivity contribution is 6.31. The lowest BCUT2D eigenvalue weighted by atomic mass is 10.1. The monoisotopic (exact) mass is 499 g/mol. The molecule has 0 atom stereocenters. The molecule has 182 valence electrons.